The normalized spacial score (nSPS) is 12.9. The van der Waals surface area contributed by atoms with Gasteiger partial charge >= 0.3 is 0 Å². The Kier molecular flexibility index (Phi) is 4.08. The van der Waals surface area contributed by atoms with Crippen LogP contribution in [-0.2, 0) is 0 Å². The second kappa shape index (κ2) is 5.55. The van der Waals surface area contributed by atoms with Crippen molar-refractivity contribution in [3.63, 3.8) is 0 Å². The number of alkyl halides is 1. The predicted molar refractivity (Wildman–Crippen MR) is 72.4 cm³/mol. The van der Waals surface area contributed by atoms with Crippen LogP contribution in [0.4, 0.5) is 0 Å². The van der Waals surface area contributed by atoms with Gasteiger partial charge in [-0.2, -0.15) is 0 Å². The van der Waals surface area contributed by atoms with Crippen molar-refractivity contribution < 1.29 is 0 Å². The Balaban J connectivity index is 2.30. The van der Waals surface area contributed by atoms with Gasteiger partial charge in [0.15, 0.2) is 0 Å². The minimum absolute atomic E-state index is 0.510. The lowest BCUT2D eigenvalue weighted by Crippen LogP contribution is -1.97. The molecule has 0 aliphatic rings. The van der Waals surface area contributed by atoms with E-state index in [4.69, 9.17) is 11.6 Å². The van der Waals surface area contributed by atoms with E-state index in [-0.39, 0.29) is 0 Å². The Bertz CT molecular complexity index is 467. The fraction of sp³-hybridized carbons (Fsp3) is 0.308. The number of benzene rings is 1. The predicted octanol–water partition coefficient (Wildman–Crippen LogP) is 4.34. The number of hydrogen-bond acceptors (Lipinski definition) is 2. The van der Waals surface area contributed by atoms with Gasteiger partial charge in [-0.3, -0.25) is 0 Å². The largest absolute Gasteiger partial charge is 0.249 e. The zero-order valence-corrected chi connectivity index (χ0v) is 10.8. The number of fused-ring (bicyclic) bond motifs is 1. The fourth-order valence-electron chi connectivity index (χ4n) is 1.59. The lowest BCUT2D eigenvalue weighted by Gasteiger charge is -2.10. The molecule has 2 aromatic rings. The van der Waals surface area contributed by atoms with E-state index in [0.29, 0.717) is 11.1 Å². The Morgan fingerprint density at radius 3 is 2.94 bits per heavy atom. The summed E-state index contributed by atoms with van der Waals surface area (Å²) in [4.78, 5) is 4.45. The van der Waals surface area contributed by atoms with Crippen LogP contribution in [-0.4, -0.2) is 16.1 Å². The Morgan fingerprint density at radius 1 is 1.31 bits per heavy atom. The van der Waals surface area contributed by atoms with Gasteiger partial charge in [0, 0.05) is 22.7 Å². The third kappa shape index (κ3) is 2.69. The van der Waals surface area contributed by atoms with Crippen molar-refractivity contribution in [2.75, 3.05) is 5.88 Å². The number of pyridine rings is 1. The summed E-state index contributed by atoms with van der Waals surface area (Å²) in [6.45, 7) is 2.19. The molecule has 0 saturated carbocycles. The molecule has 1 aromatic heterocycles. The third-order valence-electron chi connectivity index (χ3n) is 2.47. The molecule has 16 heavy (non-hydrogen) atoms. The van der Waals surface area contributed by atoms with Gasteiger partial charge in [0.1, 0.15) is 5.03 Å². The van der Waals surface area contributed by atoms with Gasteiger partial charge in [0.2, 0.25) is 0 Å². The van der Waals surface area contributed by atoms with Crippen molar-refractivity contribution in [1.82, 2.24) is 4.98 Å². The zero-order chi connectivity index (χ0) is 11.4. The number of hydrogen-bond donors (Lipinski definition) is 0. The molecule has 0 N–H and O–H groups in total. The zero-order valence-electron chi connectivity index (χ0n) is 9.19. The van der Waals surface area contributed by atoms with Crippen LogP contribution in [0.3, 0.4) is 0 Å². The number of rotatable bonds is 4. The van der Waals surface area contributed by atoms with Crippen molar-refractivity contribution in [3.05, 3.63) is 36.5 Å². The van der Waals surface area contributed by atoms with Crippen molar-refractivity contribution >= 4 is 34.1 Å². The molecule has 0 saturated heterocycles. The van der Waals surface area contributed by atoms with Crippen LogP contribution in [0.1, 0.15) is 13.3 Å². The van der Waals surface area contributed by atoms with Gasteiger partial charge in [-0.15, -0.1) is 23.4 Å². The molecule has 0 bridgehead atoms. The molecule has 2 rings (SSSR count). The van der Waals surface area contributed by atoms with Gasteiger partial charge in [0.05, 0.1) is 0 Å². The summed E-state index contributed by atoms with van der Waals surface area (Å²) >= 11 is 7.55. The highest BCUT2D eigenvalue weighted by Gasteiger charge is 2.07. The first-order valence-electron chi connectivity index (χ1n) is 5.37. The molecule has 1 atom stereocenters. The molecule has 0 amide bonds. The maximum absolute atomic E-state index is 5.75. The molecule has 0 fully saturated rings. The van der Waals surface area contributed by atoms with Crippen molar-refractivity contribution in [2.24, 2.45) is 0 Å². The minimum atomic E-state index is 0.510. The maximum Gasteiger partial charge on any atom is 0.104 e. The highest BCUT2D eigenvalue weighted by atomic mass is 35.5. The van der Waals surface area contributed by atoms with E-state index in [1.807, 2.05) is 12.3 Å². The van der Waals surface area contributed by atoms with E-state index in [0.717, 1.165) is 11.4 Å². The van der Waals surface area contributed by atoms with Crippen LogP contribution < -0.4 is 0 Å². The molecule has 3 heteroatoms. The number of thioether (sulfide) groups is 1. The summed E-state index contributed by atoms with van der Waals surface area (Å²) in [6.07, 6.45) is 2.88. The monoisotopic (exact) mass is 251 g/mol. The highest BCUT2D eigenvalue weighted by Crippen LogP contribution is 2.29. The van der Waals surface area contributed by atoms with Gasteiger partial charge < -0.3 is 0 Å². The second-order valence-electron chi connectivity index (χ2n) is 3.74. The first-order chi connectivity index (χ1) is 7.81. The van der Waals surface area contributed by atoms with E-state index >= 15 is 0 Å². The van der Waals surface area contributed by atoms with E-state index in [2.05, 4.69) is 36.2 Å². The smallest absolute Gasteiger partial charge is 0.104 e. The van der Waals surface area contributed by atoms with Crippen LogP contribution >= 0.6 is 23.4 Å². The van der Waals surface area contributed by atoms with Crippen LogP contribution in [0.2, 0.25) is 0 Å². The molecule has 1 aromatic carbocycles. The SMILES string of the molecule is CC(CCCl)Sc1nccc2ccccc12. The maximum atomic E-state index is 5.75. The van der Waals surface area contributed by atoms with E-state index in [1.165, 1.54) is 10.8 Å². The summed E-state index contributed by atoms with van der Waals surface area (Å²) in [6, 6.07) is 10.4. The summed E-state index contributed by atoms with van der Waals surface area (Å²) in [7, 11) is 0. The first kappa shape index (κ1) is 11.7. The second-order valence-corrected chi connectivity index (χ2v) is 5.55. The summed E-state index contributed by atoms with van der Waals surface area (Å²) in [5, 5.41) is 4.10. The van der Waals surface area contributed by atoms with Gasteiger partial charge in [-0.05, 0) is 17.9 Å². The van der Waals surface area contributed by atoms with Crippen LogP contribution in [0.15, 0.2) is 41.6 Å². The molecule has 0 spiro atoms. The lowest BCUT2D eigenvalue weighted by atomic mass is 10.2. The van der Waals surface area contributed by atoms with Gasteiger partial charge in [0.25, 0.3) is 0 Å². The average molecular weight is 252 g/mol. The topological polar surface area (TPSA) is 12.9 Å². The summed E-state index contributed by atoms with van der Waals surface area (Å²) in [5.41, 5.74) is 0. The molecule has 1 unspecified atom stereocenters. The molecule has 84 valence electrons. The van der Waals surface area contributed by atoms with Crippen LogP contribution in [0.5, 0.6) is 0 Å². The summed E-state index contributed by atoms with van der Waals surface area (Å²) in [5.74, 6) is 0.707. The molecule has 1 nitrogen and oxygen atoms in total. The third-order valence-corrected chi connectivity index (χ3v) is 3.87. The average Bonchev–Trinajstić information content (AvgIpc) is 2.30. The number of nitrogens with zero attached hydrogens (tertiary/aromatic N) is 1. The molecule has 1 heterocycles. The summed E-state index contributed by atoms with van der Waals surface area (Å²) < 4.78 is 0. The van der Waals surface area contributed by atoms with E-state index in [1.54, 1.807) is 11.8 Å². The highest BCUT2D eigenvalue weighted by molar-refractivity contribution is 8.00. The van der Waals surface area contributed by atoms with Gasteiger partial charge in [-0.1, -0.05) is 31.2 Å². The lowest BCUT2D eigenvalue weighted by molar-refractivity contribution is 0.909. The molecular weight excluding hydrogens is 238 g/mol. The van der Waals surface area contributed by atoms with E-state index < -0.39 is 0 Å². The molecular formula is C13H14ClNS. The van der Waals surface area contributed by atoms with Crippen molar-refractivity contribution in [1.29, 1.82) is 0 Å². The Labute approximate surface area is 105 Å². The molecule has 0 radical (unpaired) electrons. The minimum Gasteiger partial charge on any atom is -0.249 e. The Hall–Kier alpha value is -0.730. The van der Waals surface area contributed by atoms with Crippen molar-refractivity contribution in [2.45, 2.75) is 23.6 Å². The first-order valence-corrected chi connectivity index (χ1v) is 6.79. The van der Waals surface area contributed by atoms with Crippen LogP contribution in [0, 0.1) is 0 Å². The van der Waals surface area contributed by atoms with Crippen LogP contribution in [0.25, 0.3) is 10.8 Å². The molecule has 0 aliphatic carbocycles. The number of halogens is 1. The standard InChI is InChI=1S/C13H14ClNS/c1-10(6-8-14)16-13-12-5-3-2-4-11(12)7-9-15-13/h2-5,7,9-10H,6,8H2,1H3. The number of aromatic nitrogens is 1. The Morgan fingerprint density at radius 2 is 2.12 bits per heavy atom. The van der Waals surface area contributed by atoms with E-state index in [9.17, 15) is 0 Å². The fourth-order valence-corrected chi connectivity index (χ4v) is 3.10. The molecule has 0 aliphatic heterocycles. The quantitative estimate of drug-likeness (QED) is 0.592. The van der Waals surface area contributed by atoms with Gasteiger partial charge in [-0.25, -0.2) is 4.98 Å². The van der Waals surface area contributed by atoms with Crippen molar-refractivity contribution in [3.8, 4) is 0 Å².